The average molecular weight is 396 g/mol. The molecule has 2 atom stereocenters. The van der Waals surface area contributed by atoms with E-state index in [0.29, 0.717) is 16.3 Å². The van der Waals surface area contributed by atoms with E-state index >= 15 is 0 Å². The summed E-state index contributed by atoms with van der Waals surface area (Å²) in [5, 5.41) is 3.63. The molecule has 1 aliphatic rings. The van der Waals surface area contributed by atoms with Crippen LogP contribution in [0.15, 0.2) is 48.5 Å². The van der Waals surface area contributed by atoms with E-state index in [4.69, 9.17) is 21.1 Å². The maximum Gasteiger partial charge on any atom is 0.338 e. The topological polar surface area (TPSA) is 81.7 Å². The van der Waals surface area contributed by atoms with E-state index in [-0.39, 0.29) is 11.5 Å². The van der Waals surface area contributed by atoms with Gasteiger partial charge in [-0.25, -0.2) is 13.2 Å². The lowest BCUT2D eigenvalue weighted by molar-refractivity contribution is 0.0337. The fourth-order valence-electron chi connectivity index (χ4n) is 2.76. The SMILES string of the molecule is COc1ccc(N[C@@H]2CS(=O)(=O)C[C@@H]2OC(=O)c2ccc(Cl)cc2)cc1. The van der Waals surface area contributed by atoms with Crippen LogP contribution in [0.5, 0.6) is 5.75 Å². The lowest BCUT2D eigenvalue weighted by atomic mass is 10.2. The lowest BCUT2D eigenvalue weighted by Crippen LogP contribution is -2.35. The summed E-state index contributed by atoms with van der Waals surface area (Å²) in [5.41, 5.74) is 1.04. The van der Waals surface area contributed by atoms with Crippen molar-refractivity contribution in [1.82, 2.24) is 0 Å². The third-order valence-electron chi connectivity index (χ3n) is 4.08. The summed E-state index contributed by atoms with van der Waals surface area (Å²) in [6, 6.07) is 12.8. The molecule has 1 aliphatic heterocycles. The zero-order valence-corrected chi connectivity index (χ0v) is 15.6. The van der Waals surface area contributed by atoms with Gasteiger partial charge in [0, 0.05) is 10.7 Å². The fourth-order valence-corrected chi connectivity index (χ4v) is 4.67. The molecule has 1 heterocycles. The van der Waals surface area contributed by atoms with E-state index in [1.165, 1.54) is 0 Å². The van der Waals surface area contributed by atoms with Gasteiger partial charge >= 0.3 is 5.97 Å². The maximum absolute atomic E-state index is 12.3. The Labute approximate surface area is 157 Å². The molecule has 0 saturated carbocycles. The van der Waals surface area contributed by atoms with Crippen molar-refractivity contribution >= 4 is 33.1 Å². The summed E-state index contributed by atoms with van der Waals surface area (Å²) in [4.78, 5) is 12.3. The Kier molecular flexibility index (Phi) is 5.38. The molecule has 0 aromatic heterocycles. The van der Waals surface area contributed by atoms with Gasteiger partial charge in [0.05, 0.1) is 30.2 Å². The Morgan fingerprint density at radius 2 is 1.73 bits per heavy atom. The molecular weight excluding hydrogens is 378 g/mol. The van der Waals surface area contributed by atoms with Crippen molar-refractivity contribution in [3.8, 4) is 5.75 Å². The number of sulfone groups is 1. The number of hydrogen-bond donors (Lipinski definition) is 1. The summed E-state index contributed by atoms with van der Waals surface area (Å²) in [5.74, 6) is -0.191. The van der Waals surface area contributed by atoms with Gasteiger partial charge in [-0.1, -0.05) is 11.6 Å². The third-order valence-corrected chi connectivity index (χ3v) is 6.04. The van der Waals surface area contributed by atoms with E-state index in [2.05, 4.69) is 5.32 Å². The highest BCUT2D eigenvalue weighted by Crippen LogP contribution is 2.23. The van der Waals surface area contributed by atoms with E-state index in [0.717, 1.165) is 5.69 Å². The number of rotatable bonds is 5. The first-order valence-electron chi connectivity index (χ1n) is 7.94. The smallest absolute Gasteiger partial charge is 0.338 e. The van der Waals surface area contributed by atoms with Crippen LogP contribution in [-0.4, -0.2) is 45.1 Å². The molecular formula is C18H18ClNO5S. The number of ether oxygens (including phenoxy) is 2. The number of methoxy groups -OCH3 is 1. The molecule has 2 aromatic carbocycles. The number of nitrogens with one attached hydrogen (secondary N) is 1. The molecule has 26 heavy (non-hydrogen) atoms. The molecule has 3 rings (SSSR count). The van der Waals surface area contributed by atoms with Crippen LogP contribution in [0.4, 0.5) is 5.69 Å². The second kappa shape index (κ2) is 7.55. The molecule has 8 heteroatoms. The lowest BCUT2D eigenvalue weighted by Gasteiger charge is -2.21. The maximum atomic E-state index is 12.3. The highest BCUT2D eigenvalue weighted by atomic mass is 35.5. The zero-order chi connectivity index (χ0) is 18.7. The second-order valence-corrected chi connectivity index (χ2v) is 8.60. The number of hydrogen-bond acceptors (Lipinski definition) is 6. The molecule has 0 aliphatic carbocycles. The van der Waals surface area contributed by atoms with Crippen LogP contribution in [0.3, 0.4) is 0 Å². The molecule has 138 valence electrons. The highest BCUT2D eigenvalue weighted by molar-refractivity contribution is 7.91. The molecule has 0 spiro atoms. The van der Waals surface area contributed by atoms with Crippen LogP contribution >= 0.6 is 11.6 Å². The van der Waals surface area contributed by atoms with Crippen molar-refractivity contribution in [3.63, 3.8) is 0 Å². The minimum Gasteiger partial charge on any atom is -0.497 e. The van der Waals surface area contributed by atoms with Crippen molar-refractivity contribution in [2.45, 2.75) is 12.1 Å². The number of carbonyl (C=O) groups is 1. The minimum absolute atomic E-state index is 0.0996. The molecule has 1 N–H and O–H groups in total. The van der Waals surface area contributed by atoms with Crippen LogP contribution in [0, 0.1) is 0 Å². The average Bonchev–Trinajstić information content (AvgIpc) is 2.89. The van der Waals surface area contributed by atoms with Gasteiger partial charge in [-0.05, 0) is 48.5 Å². The first-order valence-corrected chi connectivity index (χ1v) is 10.1. The Morgan fingerprint density at radius 3 is 2.35 bits per heavy atom. The molecule has 6 nitrogen and oxygen atoms in total. The molecule has 0 radical (unpaired) electrons. The molecule has 2 aromatic rings. The van der Waals surface area contributed by atoms with Crippen LogP contribution < -0.4 is 10.1 Å². The molecule has 0 amide bonds. The number of carbonyl (C=O) groups excluding carboxylic acids is 1. The van der Waals surface area contributed by atoms with Gasteiger partial charge in [-0.2, -0.15) is 0 Å². The van der Waals surface area contributed by atoms with Gasteiger partial charge in [-0.15, -0.1) is 0 Å². The van der Waals surface area contributed by atoms with E-state index < -0.39 is 28.0 Å². The molecule has 1 fully saturated rings. The quantitative estimate of drug-likeness (QED) is 0.784. The number of esters is 1. The van der Waals surface area contributed by atoms with E-state index in [1.807, 2.05) is 0 Å². The minimum atomic E-state index is -3.30. The van der Waals surface area contributed by atoms with Crippen molar-refractivity contribution < 1.29 is 22.7 Å². The van der Waals surface area contributed by atoms with Crippen molar-refractivity contribution in [2.24, 2.45) is 0 Å². The van der Waals surface area contributed by atoms with Crippen LogP contribution in [0.25, 0.3) is 0 Å². The Hall–Kier alpha value is -2.25. The monoisotopic (exact) mass is 395 g/mol. The third kappa shape index (κ3) is 4.47. The molecule has 0 unspecified atom stereocenters. The molecule has 0 bridgehead atoms. The summed E-state index contributed by atoms with van der Waals surface area (Å²) >= 11 is 5.81. The van der Waals surface area contributed by atoms with Gasteiger partial charge in [0.25, 0.3) is 0 Å². The second-order valence-electron chi connectivity index (χ2n) is 6.01. The predicted molar refractivity (Wildman–Crippen MR) is 99.7 cm³/mol. The van der Waals surface area contributed by atoms with Gasteiger partial charge in [0.1, 0.15) is 11.9 Å². The summed E-state index contributed by atoms with van der Waals surface area (Å²) in [6.45, 7) is 0. The van der Waals surface area contributed by atoms with Crippen molar-refractivity contribution in [2.75, 3.05) is 23.9 Å². The van der Waals surface area contributed by atoms with Gasteiger partial charge in [0.2, 0.25) is 0 Å². The summed E-state index contributed by atoms with van der Waals surface area (Å²) in [6.07, 6.45) is -0.773. The molecule has 1 saturated heterocycles. The Morgan fingerprint density at radius 1 is 1.08 bits per heavy atom. The normalized spacial score (nSPS) is 21.2. The number of anilines is 1. The first-order chi connectivity index (χ1) is 12.4. The Bertz CT molecular complexity index is 881. The van der Waals surface area contributed by atoms with E-state index in [9.17, 15) is 13.2 Å². The van der Waals surface area contributed by atoms with Crippen LogP contribution in [0.2, 0.25) is 5.02 Å². The van der Waals surface area contributed by atoms with Crippen molar-refractivity contribution in [1.29, 1.82) is 0 Å². The summed E-state index contributed by atoms with van der Waals surface area (Å²) in [7, 11) is -1.73. The van der Waals surface area contributed by atoms with Gasteiger partial charge in [-0.3, -0.25) is 0 Å². The van der Waals surface area contributed by atoms with E-state index in [1.54, 1.807) is 55.6 Å². The van der Waals surface area contributed by atoms with Crippen LogP contribution in [0.1, 0.15) is 10.4 Å². The standard InChI is InChI=1S/C18H18ClNO5S/c1-24-15-8-6-14(7-9-15)20-16-10-26(22,23)11-17(16)25-18(21)12-2-4-13(19)5-3-12/h2-9,16-17,20H,10-11H2,1H3/t16-,17+/m1/s1. The van der Waals surface area contributed by atoms with Gasteiger partial charge in [0.15, 0.2) is 9.84 Å². The number of halogens is 1. The fraction of sp³-hybridized carbons (Fsp3) is 0.278. The first kappa shape index (κ1) is 18.5. The van der Waals surface area contributed by atoms with Gasteiger partial charge < -0.3 is 14.8 Å². The predicted octanol–water partition coefficient (Wildman–Crippen LogP) is 2.78. The summed E-state index contributed by atoms with van der Waals surface area (Å²) < 4.78 is 34.6. The Balaban J connectivity index is 1.73. The zero-order valence-electron chi connectivity index (χ0n) is 14.0. The number of benzene rings is 2. The van der Waals surface area contributed by atoms with Crippen LogP contribution in [-0.2, 0) is 14.6 Å². The highest BCUT2D eigenvalue weighted by Gasteiger charge is 2.40. The largest absolute Gasteiger partial charge is 0.497 e. The van der Waals surface area contributed by atoms with Crippen molar-refractivity contribution in [3.05, 3.63) is 59.1 Å².